The van der Waals surface area contributed by atoms with Crippen LogP contribution in [0.2, 0.25) is 5.15 Å². The maximum atomic E-state index is 14.2. The number of halogens is 3. The molecular formula is C28H22BrClFN5O. The van der Waals surface area contributed by atoms with Crippen LogP contribution in [0.5, 0.6) is 0 Å². The van der Waals surface area contributed by atoms with E-state index in [-0.39, 0.29) is 11.8 Å². The lowest BCUT2D eigenvalue weighted by atomic mass is 10.0. The lowest BCUT2D eigenvalue weighted by Crippen LogP contribution is -2.34. The molecule has 1 N–H and O–H groups in total. The van der Waals surface area contributed by atoms with Crippen LogP contribution in [-0.4, -0.2) is 33.6 Å². The Kier molecular flexibility index (Phi) is 7.38. The van der Waals surface area contributed by atoms with Crippen molar-refractivity contribution in [3.05, 3.63) is 104 Å². The summed E-state index contributed by atoms with van der Waals surface area (Å²) >= 11 is 9.25. The summed E-state index contributed by atoms with van der Waals surface area (Å²) in [5.41, 5.74) is 4.59. The van der Waals surface area contributed by atoms with Crippen molar-refractivity contribution in [1.82, 2.24) is 19.8 Å². The molecule has 9 heteroatoms. The van der Waals surface area contributed by atoms with E-state index in [0.717, 1.165) is 28.8 Å². The minimum absolute atomic E-state index is 0.256. The number of rotatable bonds is 5. The maximum Gasteiger partial charge on any atom is 0.326 e. The first-order valence-corrected chi connectivity index (χ1v) is 12.9. The van der Waals surface area contributed by atoms with Crippen LogP contribution in [0.15, 0.2) is 65.3 Å². The minimum atomic E-state index is -0.275. The monoisotopic (exact) mass is 577 g/mol. The first-order valence-electron chi connectivity index (χ1n) is 11.7. The second-order valence-electron chi connectivity index (χ2n) is 8.80. The van der Waals surface area contributed by atoms with Gasteiger partial charge in [0.2, 0.25) is 0 Å². The highest BCUT2D eigenvalue weighted by atomic mass is 79.9. The molecule has 2 aromatic heterocycles. The summed E-state index contributed by atoms with van der Waals surface area (Å²) in [6, 6.07) is 15.9. The van der Waals surface area contributed by atoms with Gasteiger partial charge in [0.1, 0.15) is 11.0 Å². The molecule has 0 unspecified atom stereocenters. The number of pyridine rings is 1. The number of nitrogens with one attached hydrogen (secondary N) is 1. The zero-order valence-corrected chi connectivity index (χ0v) is 22.1. The standard InChI is InChI=1S/C28H22BrClFN5O/c29-21-5-4-20(24(31)14-21)2-1-10-35-11-8-25-23(17-35)22-6-3-18(15-32)12-26(22)36(25)28(37)34-16-19-7-9-33-27(30)13-19/h1-7,9,12-14H,8,10-11,16-17H2,(H,34,37)/b2-1+. The van der Waals surface area contributed by atoms with Gasteiger partial charge < -0.3 is 5.32 Å². The van der Waals surface area contributed by atoms with Crippen molar-refractivity contribution in [2.75, 3.05) is 13.1 Å². The Balaban J connectivity index is 1.39. The second kappa shape index (κ2) is 10.9. The highest BCUT2D eigenvalue weighted by Gasteiger charge is 2.26. The molecule has 0 saturated heterocycles. The van der Waals surface area contributed by atoms with E-state index in [9.17, 15) is 14.4 Å². The van der Waals surface area contributed by atoms with E-state index in [1.165, 1.54) is 6.07 Å². The van der Waals surface area contributed by atoms with E-state index in [0.29, 0.717) is 52.3 Å². The lowest BCUT2D eigenvalue weighted by molar-refractivity contribution is 0.240. The average molecular weight is 579 g/mol. The van der Waals surface area contributed by atoms with Gasteiger partial charge in [0.15, 0.2) is 0 Å². The summed E-state index contributed by atoms with van der Waals surface area (Å²) < 4.78 is 16.5. The molecule has 6 nitrogen and oxygen atoms in total. The summed E-state index contributed by atoms with van der Waals surface area (Å²) in [4.78, 5) is 19.6. The molecule has 0 aliphatic carbocycles. The molecule has 0 spiro atoms. The first kappa shape index (κ1) is 25.2. The lowest BCUT2D eigenvalue weighted by Gasteiger charge is -2.27. The number of aromatic nitrogens is 2. The van der Waals surface area contributed by atoms with Gasteiger partial charge in [0.25, 0.3) is 0 Å². The molecule has 5 rings (SSSR count). The zero-order valence-electron chi connectivity index (χ0n) is 19.7. The van der Waals surface area contributed by atoms with Crippen molar-refractivity contribution in [2.24, 2.45) is 0 Å². The third-order valence-electron chi connectivity index (χ3n) is 6.42. The fraction of sp³-hybridized carbons (Fsp3) is 0.179. The van der Waals surface area contributed by atoms with Gasteiger partial charge in [-0.15, -0.1) is 0 Å². The van der Waals surface area contributed by atoms with Crippen molar-refractivity contribution in [1.29, 1.82) is 5.26 Å². The van der Waals surface area contributed by atoms with Crippen molar-refractivity contribution in [3.8, 4) is 6.07 Å². The van der Waals surface area contributed by atoms with Gasteiger partial charge in [0.05, 0.1) is 17.1 Å². The summed E-state index contributed by atoms with van der Waals surface area (Å²) in [5.74, 6) is -0.275. The Morgan fingerprint density at radius 2 is 2.11 bits per heavy atom. The number of benzene rings is 2. The summed E-state index contributed by atoms with van der Waals surface area (Å²) in [7, 11) is 0. The Bertz CT molecular complexity index is 1580. The van der Waals surface area contributed by atoms with E-state index < -0.39 is 0 Å². The van der Waals surface area contributed by atoms with Gasteiger partial charge in [-0.2, -0.15) is 5.26 Å². The van der Waals surface area contributed by atoms with E-state index in [1.807, 2.05) is 18.2 Å². The summed E-state index contributed by atoms with van der Waals surface area (Å²) in [6.45, 7) is 2.34. The summed E-state index contributed by atoms with van der Waals surface area (Å²) in [6.07, 6.45) is 6.01. The number of carbonyl (C=O) groups is 1. The Morgan fingerprint density at radius 1 is 1.24 bits per heavy atom. The SMILES string of the molecule is N#Cc1ccc2c3c(n(C(=O)NCc4ccnc(Cl)c4)c2c1)CCN(C/C=C/c1ccc(Br)cc1F)C3. The topological polar surface area (TPSA) is 74.0 Å². The number of nitriles is 1. The zero-order chi connectivity index (χ0) is 25.9. The predicted octanol–water partition coefficient (Wildman–Crippen LogP) is 6.29. The van der Waals surface area contributed by atoms with Crippen molar-refractivity contribution in [3.63, 3.8) is 0 Å². The van der Waals surface area contributed by atoms with Crippen LogP contribution in [-0.2, 0) is 19.5 Å². The van der Waals surface area contributed by atoms with Crippen molar-refractivity contribution < 1.29 is 9.18 Å². The van der Waals surface area contributed by atoms with Crippen LogP contribution in [0.3, 0.4) is 0 Å². The summed E-state index contributed by atoms with van der Waals surface area (Å²) in [5, 5.41) is 13.7. The number of amides is 1. The second-order valence-corrected chi connectivity index (χ2v) is 10.1. The molecule has 0 radical (unpaired) electrons. The average Bonchev–Trinajstić information content (AvgIpc) is 3.21. The fourth-order valence-electron chi connectivity index (χ4n) is 4.65. The smallest absolute Gasteiger partial charge is 0.326 e. The van der Waals surface area contributed by atoms with Gasteiger partial charge in [-0.3, -0.25) is 9.47 Å². The van der Waals surface area contributed by atoms with E-state index >= 15 is 0 Å². The molecule has 37 heavy (non-hydrogen) atoms. The van der Waals surface area contributed by atoms with Crippen LogP contribution in [0.4, 0.5) is 9.18 Å². The van der Waals surface area contributed by atoms with Crippen LogP contribution in [0.25, 0.3) is 17.0 Å². The number of hydrogen-bond acceptors (Lipinski definition) is 4. The molecule has 0 fully saturated rings. The molecule has 1 aliphatic heterocycles. The van der Waals surface area contributed by atoms with Crippen LogP contribution < -0.4 is 5.32 Å². The number of nitrogens with zero attached hydrogens (tertiary/aromatic N) is 4. The largest absolute Gasteiger partial charge is 0.333 e. The predicted molar refractivity (Wildman–Crippen MR) is 146 cm³/mol. The van der Waals surface area contributed by atoms with Crippen LogP contribution >= 0.6 is 27.5 Å². The van der Waals surface area contributed by atoms with Crippen molar-refractivity contribution in [2.45, 2.75) is 19.5 Å². The molecule has 0 saturated carbocycles. The fourth-order valence-corrected chi connectivity index (χ4v) is 5.18. The quantitative estimate of drug-likeness (QED) is 0.282. The molecule has 186 valence electrons. The van der Waals surface area contributed by atoms with Crippen LogP contribution in [0, 0.1) is 17.1 Å². The third-order valence-corrected chi connectivity index (χ3v) is 7.12. The van der Waals surface area contributed by atoms with Crippen LogP contribution in [0.1, 0.15) is 27.9 Å². The number of fused-ring (bicyclic) bond motifs is 3. The highest BCUT2D eigenvalue weighted by molar-refractivity contribution is 9.10. The third kappa shape index (κ3) is 5.44. The number of hydrogen-bond donors (Lipinski definition) is 1. The first-order chi connectivity index (χ1) is 17.9. The molecule has 0 bridgehead atoms. The molecule has 4 aromatic rings. The molecule has 1 aliphatic rings. The minimum Gasteiger partial charge on any atom is -0.333 e. The Hall–Kier alpha value is -3.51. The van der Waals surface area contributed by atoms with Gasteiger partial charge in [-0.1, -0.05) is 51.8 Å². The van der Waals surface area contributed by atoms with E-state index in [4.69, 9.17) is 11.6 Å². The van der Waals surface area contributed by atoms with Crippen molar-refractivity contribution >= 4 is 50.5 Å². The number of carbonyl (C=O) groups excluding carboxylic acids is 1. The molecule has 1 amide bonds. The molecule has 3 heterocycles. The van der Waals surface area contributed by atoms with E-state index in [1.54, 1.807) is 47.2 Å². The van der Waals surface area contributed by atoms with Gasteiger partial charge >= 0.3 is 6.03 Å². The normalized spacial score (nSPS) is 13.6. The highest BCUT2D eigenvalue weighted by Crippen LogP contribution is 2.31. The van der Waals surface area contributed by atoms with Gasteiger partial charge in [-0.25, -0.2) is 14.2 Å². The Labute approximate surface area is 227 Å². The molecule has 2 aromatic carbocycles. The Morgan fingerprint density at radius 3 is 2.89 bits per heavy atom. The van der Waals surface area contributed by atoms with E-state index in [2.05, 4.69) is 37.2 Å². The maximum absolute atomic E-state index is 14.2. The molecular weight excluding hydrogens is 557 g/mol. The molecule has 0 atom stereocenters. The van der Waals surface area contributed by atoms with Gasteiger partial charge in [-0.05, 0) is 47.5 Å². The van der Waals surface area contributed by atoms with Gasteiger partial charge in [0, 0.05) is 59.9 Å².